The van der Waals surface area contributed by atoms with Crippen molar-refractivity contribution in [2.24, 2.45) is 17.3 Å². The molecule has 1 N–H and O–H groups in total. The van der Waals surface area contributed by atoms with Crippen LogP contribution in [0.3, 0.4) is 0 Å². The van der Waals surface area contributed by atoms with Crippen molar-refractivity contribution in [1.29, 1.82) is 0 Å². The Hall–Kier alpha value is -1.88. The first kappa shape index (κ1) is 10.6. The molecule has 0 bridgehead atoms. The quantitative estimate of drug-likeness (QED) is 0.814. The highest BCUT2D eigenvalue weighted by Crippen LogP contribution is 2.28. The summed E-state index contributed by atoms with van der Waals surface area (Å²) in [6.07, 6.45) is 1.64. The second kappa shape index (κ2) is 4.32. The van der Waals surface area contributed by atoms with Crippen LogP contribution in [0.2, 0.25) is 5.02 Å². The number of nitrogens with zero attached hydrogens (tertiary/aromatic N) is 4. The van der Waals surface area contributed by atoms with E-state index >= 15 is 0 Å². The smallest absolute Gasteiger partial charge is 0.172 e. The van der Waals surface area contributed by atoms with Crippen molar-refractivity contribution >= 4 is 23.1 Å². The van der Waals surface area contributed by atoms with Gasteiger partial charge in [0.05, 0.1) is 16.9 Å². The molecular weight excluding hydrogens is 228 g/mol. The van der Waals surface area contributed by atoms with E-state index in [9.17, 15) is 5.11 Å². The van der Waals surface area contributed by atoms with E-state index in [-0.39, 0.29) is 10.8 Å². The third kappa shape index (κ3) is 2.20. The minimum atomic E-state index is 0.0288. The third-order valence-electron chi connectivity index (χ3n) is 1.99. The van der Waals surface area contributed by atoms with Gasteiger partial charge in [0.25, 0.3) is 0 Å². The molecule has 0 fully saturated rings. The minimum Gasteiger partial charge on any atom is -0.506 e. The molecule has 0 saturated heterocycles. The molecule has 0 amide bonds. The molecule has 0 saturated carbocycles. The summed E-state index contributed by atoms with van der Waals surface area (Å²) in [5.41, 5.74) is 0.573. The molecule has 0 unspecified atom stereocenters. The van der Waals surface area contributed by atoms with Crippen molar-refractivity contribution in [3.05, 3.63) is 35.5 Å². The molecule has 0 aliphatic rings. The summed E-state index contributed by atoms with van der Waals surface area (Å²) < 4.78 is 1.60. The molecule has 0 aliphatic carbocycles. The molecule has 5 nitrogen and oxygen atoms in total. The number of phenols is 1. The molecule has 1 aromatic carbocycles. The Balaban J connectivity index is 2.24. The van der Waals surface area contributed by atoms with Gasteiger partial charge in [0.15, 0.2) is 5.82 Å². The van der Waals surface area contributed by atoms with Crippen LogP contribution in [0.1, 0.15) is 0 Å². The van der Waals surface area contributed by atoms with Gasteiger partial charge >= 0.3 is 0 Å². The van der Waals surface area contributed by atoms with Crippen LogP contribution in [0.4, 0.5) is 11.5 Å². The van der Waals surface area contributed by atoms with Gasteiger partial charge in [0.2, 0.25) is 0 Å². The van der Waals surface area contributed by atoms with Crippen molar-refractivity contribution < 1.29 is 5.11 Å². The average Bonchev–Trinajstić information content (AvgIpc) is 2.66. The van der Waals surface area contributed by atoms with Crippen LogP contribution in [0, 0.1) is 0 Å². The lowest BCUT2D eigenvalue weighted by atomic mass is 10.3. The molecule has 0 atom stereocenters. The van der Waals surface area contributed by atoms with E-state index in [2.05, 4.69) is 15.3 Å². The lowest BCUT2D eigenvalue weighted by Gasteiger charge is -1.97. The van der Waals surface area contributed by atoms with Crippen LogP contribution >= 0.6 is 11.6 Å². The highest BCUT2D eigenvalue weighted by atomic mass is 35.5. The van der Waals surface area contributed by atoms with Crippen LogP contribution in [0.5, 0.6) is 5.75 Å². The molecule has 0 spiro atoms. The summed E-state index contributed by atoms with van der Waals surface area (Å²) in [7, 11) is 1.78. The molecule has 1 aromatic heterocycles. The van der Waals surface area contributed by atoms with Crippen molar-refractivity contribution in [3.63, 3.8) is 0 Å². The van der Waals surface area contributed by atoms with Gasteiger partial charge in [-0.25, -0.2) is 4.68 Å². The highest BCUT2D eigenvalue weighted by Gasteiger charge is 1.99. The molecule has 16 heavy (non-hydrogen) atoms. The fourth-order valence-electron chi connectivity index (χ4n) is 1.13. The Bertz CT molecular complexity index is 535. The first-order valence-electron chi connectivity index (χ1n) is 4.55. The van der Waals surface area contributed by atoms with E-state index < -0.39 is 0 Å². The number of aromatic hydroxyl groups is 1. The van der Waals surface area contributed by atoms with Crippen molar-refractivity contribution in [2.45, 2.75) is 0 Å². The van der Waals surface area contributed by atoms with E-state index in [1.54, 1.807) is 30.1 Å². The molecule has 2 aromatic rings. The summed E-state index contributed by atoms with van der Waals surface area (Å²) in [6, 6.07) is 6.38. The monoisotopic (exact) mass is 236 g/mol. The topological polar surface area (TPSA) is 62.8 Å². The van der Waals surface area contributed by atoms with Crippen LogP contribution in [-0.2, 0) is 7.05 Å². The summed E-state index contributed by atoms with van der Waals surface area (Å²) in [4.78, 5) is 0. The minimum absolute atomic E-state index is 0.0288. The van der Waals surface area contributed by atoms with Crippen LogP contribution in [-0.4, -0.2) is 14.9 Å². The second-order valence-corrected chi connectivity index (χ2v) is 3.56. The molecule has 82 valence electrons. The number of aromatic nitrogens is 2. The normalized spacial score (nSPS) is 11.1. The van der Waals surface area contributed by atoms with Gasteiger partial charge in [-0.2, -0.15) is 5.10 Å². The first-order valence-corrected chi connectivity index (χ1v) is 4.93. The van der Waals surface area contributed by atoms with Gasteiger partial charge in [-0.05, 0) is 18.2 Å². The molecule has 6 heteroatoms. The van der Waals surface area contributed by atoms with Crippen molar-refractivity contribution in [1.82, 2.24) is 9.78 Å². The average molecular weight is 237 g/mol. The van der Waals surface area contributed by atoms with Crippen LogP contribution in [0.15, 0.2) is 40.7 Å². The SMILES string of the molecule is Cn1nccc1/N=N/c1ccc(O)c(Cl)c1. The van der Waals surface area contributed by atoms with Crippen LogP contribution < -0.4 is 0 Å². The highest BCUT2D eigenvalue weighted by molar-refractivity contribution is 6.32. The number of phenolic OH excluding ortho intramolecular Hbond substituents is 1. The standard InChI is InChI=1S/C10H9ClN4O/c1-15-10(4-5-12-15)14-13-7-2-3-9(16)8(11)6-7/h2-6,16H,1H3/b14-13+. The Morgan fingerprint density at radius 2 is 2.12 bits per heavy atom. The van der Waals surface area contributed by atoms with Gasteiger partial charge < -0.3 is 5.11 Å². The largest absolute Gasteiger partial charge is 0.506 e. The van der Waals surface area contributed by atoms with E-state index in [4.69, 9.17) is 11.6 Å². The maximum absolute atomic E-state index is 9.22. The van der Waals surface area contributed by atoms with Crippen LogP contribution in [0.25, 0.3) is 0 Å². The number of halogens is 1. The predicted octanol–water partition coefficient (Wildman–Crippen LogP) is 3.19. The first-order chi connectivity index (χ1) is 7.66. The Morgan fingerprint density at radius 3 is 2.75 bits per heavy atom. The number of hydrogen-bond acceptors (Lipinski definition) is 4. The summed E-state index contributed by atoms with van der Waals surface area (Å²) in [6.45, 7) is 0. The zero-order valence-corrected chi connectivity index (χ0v) is 9.26. The number of benzene rings is 1. The lowest BCUT2D eigenvalue weighted by Crippen LogP contribution is -1.86. The van der Waals surface area contributed by atoms with Gasteiger partial charge in [0.1, 0.15) is 5.75 Å². The van der Waals surface area contributed by atoms with Gasteiger partial charge in [-0.15, -0.1) is 10.2 Å². The van der Waals surface area contributed by atoms with E-state index in [0.717, 1.165) is 0 Å². The number of aryl methyl sites for hydroxylation is 1. The van der Waals surface area contributed by atoms with Gasteiger partial charge in [-0.1, -0.05) is 11.6 Å². The summed E-state index contributed by atoms with van der Waals surface area (Å²) in [5.74, 6) is 0.672. The Morgan fingerprint density at radius 1 is 1.31 bits per heavy atom. The maximum atomic E-state index is 9.22. The maximum Gasteiger partial charge on any atom is 0.172 e. The van der Waals surface area contributed by atoms with E-state index in [0.29, 0.717) is 11.5 Å². The molecular formula is C10H9ClN4O. The van der Waals surface area contributed by atoms with Crippen molar-refractivity contribution in [2.75, 3.05) is 0 Å². The molecule has 0 aliphatic heterocycles. The molecule has 2 rings (SSSR count). The van der Waals surface area contributed by atoms with E-state index in [1.807, 2.05) is 0 Å². The Labute approximate surface area is 97.0 Å². The van der Waals surface area contributed by atoms with Gasteiger partial charge in [0, 0.05) is 13.1 Å². The fraction of sp³-hybridized carbons (Fsp3) is 0.100. The third-order valence-corrected chi connectivity index (χ3v) is 2.30. The summed E-state index contributed by atoms with van der Waals surface area (Å²) in [5, 5.41) is 21.4. The fourth-order valence-corrected chi connectivity index (χ4v) is 1.31. The van der Waals surface area contributed by atoms with Gasteiger partial charge in [-0.3, -0.25) is 0 Å². The van der Waals surface area contributed by atoms with E-state index in [1.165, 1.54) is 12.1 Å². The predicted molar refractivity (Wildman–Crippen MR) is 60.5 cm³/mol. The Kier molecular flexibility index (Phi) is 2.87. The summed E-state index contributed by atoms with van der Waals surface area (Å²) >= 11 is 5.74. The molecule has 0 radical (unpaired) electrons. The molecule has 1 heterocycles. The number of rotatable bonds is 2. The zero-order chi connectivity index (χ0) is 11.5. The number of azo groups is 1. The lowest BCUT2D eigenvalue weighted by molar-refractivity contribution is 0.475. The number of hydrogen-bond donors (Lipinski definition) is 1. The van der Waals surface area contributed by atoms with Crippen molar-refractivity contribution in [3.8, 4) is 5.75 Å². The zero-order valence-electron chi connectivity index (χ0n) is 8.50. The second-order valence-electron chi connectivity index (χ2n) is 3.15.